The van der Waals surface area contributed by atoms with Crippen LogP contribution in [0.25, 0.3) is 0 Å². The highest BCUT2D eigenvalue weighted by atomic mass is 16.4. The third-order valence-corrected chi connectivity index (χ3v) is 4.75. The molecule has 2 heterocycles. The van der Waals surface area contributed by atoms with Crippen LogP contribution in [0.5, 0.6) is 0 Å². The lowest BCUT2D eigenvalue weighted by Crippen LogP contribution is -2.41. The van der Waals surface area contributed by atoms with Crippen molar-refractivity contribution in [3.8, 4) is 0 Å². The van der Waals surface area contributed by atoms with Crippen LogP contribution in [0.15, 0.2) is 12.3 Å². The van der Waals surface area contributed by atoms with Gasteiger partial charge >= 0.3 is 5.97 Å². The van der Waals surface area contributed by atoms with Gasteiger partial charge in [-0.05, 0) is 44.1 Å². The Bertz CT molecular complexity index is 537. The average molecular weight is 321 g/mol. The number of aliphatic carboxylic acids is 1. The molecule has 0 aliphatic carbocycles. The number of hydrogen-bond acceptors (Lipinski definition) is 3. The van der Waals surface area contributed by atoms with Crippen LogP contribution < -0.4 is 0 Å². The van der Waals surface area contributed by atoms with Crippen molar-refractivity contribution in [1.82, 2.24) is 14.7 Å². The van der Waals surface area contributed by atoms with Crippen molar-refractivity contribution in [1.29, 1.82) is 0 Å². The van der Waals surface area contributed by atoms with E-state index in [1.165, 1.54) is 0 Å². The number of carbonyl (C=O) groups excluding carboxylic acids is 1. The van der Waals surface area contributed by atoms with Gasteiger partial charge in [0.2, 0.25) is 0 Å². The molecule has 1 N–H and O–H groups in total. The topological polar surface area (TPSA) is 75.4 Å². The molecule has 1 aromatic heterocycles. The molecule has 1 aromatic rings. The van der Waals surface area contributed by atoms with Crippen molar-refractivity contribution in [3.05, 3.63) is 18.0 Å². The average Bonchev–Trinajstić information content (AvgIpc) is 3.03. The van der Waals surface area contributed by atoms with Crippen LogP contribution in [0, 0.1) is 5.92 Å². The molecule has 23 heavy (non-hydrogen) atoms. The summed E-state index contributed by atoms with van der Waals surface area (Å²) in [5.41, 5.74) is 0.651. The van der Waals surface area contributed by atoms with E-state index in [1.807, 2.05) is 9.58 Å². The standard InChI is InChI=1S/C17H27N3O3/c1-3-14(4-2)20-15(9-10-18-20)17(23)19-11-5-6-13(12-19)7-8-16(21)22/h9-10,13-14H,3-8,11-12H2,1-2H3,(H,21,22)/t13-/m1/s1. The normalized spacial score (nSPS) is 18.4. The molecule has 6 heteroatoms. The molecule has 2 rings (SSSR count). The molecule has 1 aliphatic heterocycles. The summed E-state index contributed by atoms with van der Waals surface area (Å²) in [4.78, 5) is 25.5. The lowest BCUT2D eigenvalue weighted by Gasteiger charge is -2.33. The monoisotopic (exact) mass is 321 g/mol. The fraction of sp³-hybridized carbons (Fsp3) is 0.706. The van der Waals surface area contributed by atoms with E-state index in [0.717, 1.165) is 32.2 Å². The fourth-order valence-corrected chi connectivity index (χ4v) is 3.38. The molecule has 128 valence electrons. The Morgan fingerprint density at radius 2 is 2.13 bits per heavy atom. The van der Waals surface area contributed by atoms with Crippen LogP contribution >= 0.6 is 0 Å². The molecule has 1 fully saturated rings. The Labute approximate surface area is 137 Å². The van der Waals surface area contributed by atoms with Crippen molar-refractivity contribution in [2.45, 2.75) is 58.4 Å². The first kappa shape index (κ1) is 17.5. The lowest BCUT2D eigenvalue weighted by molar-refractivity contribution is -0.137. The molecular formula is C17H27N3O3. The van der Waals surface area contributed by atoms with Gasteiger partial charge in [-0.1, -0.05) is 13.8 Å². The summed E-state index contributed by atoms with van der Waals surface area (Å²) in [6.07, 6.45) is 6.35. The Morgan fingerprint density at radius 3 is 2.78 bits per heavy atom. The Kier molecular flexibility index (Phi) is 6.19. The smallest absolute Gasteiger partial charge is 0.303 e. The van der Waals surface area contributed by atoms with Crippen LogP contribution in [-0.4, -0.2) is 44.8 Å². The molecule has 1 atom stereocenters. The van der Waals surface area contributed by atoms with Gasteiger partial charge in [0.05, 0.1) is 6.04 Å². The minimum Gasteiger partial charge on any atom is -0.481 e. The van der Waals surface area contributed by atoms with E-state index in [4.69, 9.17) is 5.11 Å². The van der Waals surface area contributed by atoms with Gasteiger partial charge in [-0.3, -0.25) is 14.3 Å². The SMILES string of the molecule is CCC(CC)n1nccc1C(=O)N1CCC[C@H](CCC(=O)O)C1. The van der Waals surface area contributed by atoms with E-state index in [-0.39, 0.29) is 24.3 Å². The molecule has 0 bridgehead atoms. The number of carboxylic acids is 1. The maximum Gasteiger partial charge on any atom is 0.303 e. The fourth-order valence-electron chi connectivity index (χ4n) is 3.38. The second kappa shape index (κ2) is 8.13. The zero-order chi connectivity index (χ0) is 16.8. The molecule has 1 saturated heterocycles. The largest absolute Gasteiger partial charge is 0.481 e. The van der Waals surface area contributed by atoms with Gasteiger partial charge in [0.15, 0.2) is 0 Å². The predicted octanol–water partition coefficient (Wildman–Crippen LogP) is 2.96. The lowest BCUT2D eigenvalue weighted by atomic mass is 9.93. The first-order valence-corrected chi connectivity index (χ1v) is 8.61. The summed E-state index contributed by atoms with van der Waals surface area (Å²) in [5.74, 6) is -0.456. The second-order valence-corrected chi connectivity index (χ2v) is 6.32. The summed E-state index contributed by atoms with van der Waals surface area (Å²) in [6.45, 7) is 5.61. The summed E-state index contributed by atoms with van der Waals surface area (Å²) in [6, 6.07) is 2.04. The third-order valence-electron chi connectivity index (χ3n) is 4.75. The number of likely N-dealkylation sites (tertiary alicyclic amines) is 1. The number of piperidine rings is 1. The predicted molar refractivity (Wildman–Crippen MR) is 87.3 cm³/mol. The molecule has 1 aliphatic rings. The van der Waals surface area contributed by atoms with E-state index in [9.17, 15) is 9.59 Å². The Balaban J connectivity index is 2.05. The van der Waals surface area contributed by atoms with Gasteiger partial charge in [-0.2, -0.15) is 5.10 Å². The van der Waals surface area contributed by atoms with Crippen LogP contribution in [0.4, 0.5) is 0 Å². The number of amides is 1. The Hall–Kier alpha value is -1.85. The highest BCUT2D eigenvalue weighted by Crippen LogP contribution is 2.24. The third kappa shape index (κ3) is 4.33. The maximum absolute atomic E-state index is 12.9. The summed E-state index contributed by atoms with van der Waals surface area (Å²) in [7, 11) is 0. The summed E-state index contributed by atoms with van der Waals surface area (Å²) >= 11 is 0. The van der Waals surface area contributed by atoms with Gasteiger partial charge < -0.3 is 10.0 Å². The second-order valence-electron chi connectivity index (χ2n) is 6.32. The van der Waals surface area contributed by atoms with Gasteiger partial charge in [-0.15, -0.1) is 0 Å². The highest BCUT2D eigenvalue weighted by molar-refractivity contribution is 5.92. The molecule has 0 saturated carbocycles. The van der Waals surface area contributed by atoms with Crippen molar-refractivity contribution >= 4 is 11.9 Å². The highest BCUT2D eigenvalue weighted by Gasteiger charge is 2.27. The molecule has 0 radical (unpaired) electrons. The van der Waals surface area contributed by atoms with Crippen LogP contribution in [0.3, 0.4) is 0 Å². The van der Waals surface area contributed by atoms with Crippen molar-refractivity contribution in [2.75, 3.05) is 13.1 Å². The zero-order valence-electron chi connectivity index (χ0n) is 14.1. The van der Waals surface area contributed by atoms with Gasteiger partial charge in [0.25, 0.3) is 5.91 Å². The van der Waals surface area contributed by atoms with Crippen LogP contribution in [-0.2, 0) is 4.79 Å². The molecule has 1 amide bonds. The minimum atomic E-state index is -0.764. The van der Waals surface area contributed by atoms with Gasteiger partial charge in [-0.25, -0.2) is 0 Å². The van der Waals surface area contributed by atoms with Gasteiger partial charge in [0.1, 0.15) is 5.69 Å². The molecule has 0 spiro atoms. The number of aromatic nitrogens is 2. The number of carboxylic acid groups (broad SMARTS) is 1. The van der Waals surface area contributed by atoms with E-state index >= 15 is 0 Å². The summed E-state index contributed by atoms with van der Waals surface area (Å²) < 4.78 is 1.85. The molecule has 0 aromatic carbocycles. The van der Waals surface area contributed by atoms with E-state index in [0.29, 0.717) is 18.7 Å². The first-order chi connectivity index (χ1) is 11.1. The van der Waals surface area contributed by atoms with Crippen LogP contribution in [0.2, 0.25) is 0 Å². The van der Waals surface area contributed by atoms with Gasteiger partial charge in [0, 0.05) is 25.7 Å². The number of nitrogens with zero attached hydrogens (tertiary/aromatic N) is 3. The number of carbonyl (C=O) groups is 2. The van der Waals surface area contributed by atoms with Crippen molar-refractivity contribution in [2.24, 2.45) is 5.92 Å². The molecule has 0 unspecified atom stereocenters. The van der Waals surface area contributed by atoms with E-state index in [1.54, 1.807) is 12.3 Å². The van der Waals surface area contributed by atoms with Crippen molar-refractivity contribution < 1.29 is 14.7 Å². The van der Waals surface area contributed by atoms with Crippen LogP contribution in [0.1, 0.15) is 68.9 Å². The number of hydrogen-bond donors (Lipinski definition) is 1. The summed E-state index contributed by atoms with van der Waals surface area (Å²) in [5, 5.41) is 13.2. The van der Waals surface area contributed by atoms with Crippen molar-refractivity contribution in [3.63, 3.8) is 0 Å². The van der Waals surface area contributed by atoms with E-state index < -0.39 is 5.97 Å². The van der Waals surface area contributed by atoms with E-state index in [2.05, 4.69) is 18.9 Å². The molecule has 6 nitrogen and oxygen atoms in total. The quantitative estimate of drug-likeness (QED) is 0.837. The minimum absolute atomic E-state index is 0.0226. The maximum atomic E-state index is 12.9. The number of rotatable bonds is 7. The first-order valence-electron chi connectivity index (χ1n) is 8.61. The molecular weight excluding hydrogens is 294 g/mol. The zero-order valence-corrected chi connectivity index (χ0v) is 14.1. The Morgan fingerprint density at radius 1 is 1.39 bits per heavy atom.